The number of aromatic nitrogens is 2. The van der Waals surface area contributed by atoms with Crippen molar-refractivity contribution >= 4 is 18.3 Å². The van der Waals surface area contributed by atoms with Gasteiger partial charge >= 0.3 is 0 Å². The molecule has 0 radical (unpaired) electrons. The molecular formula is C12H21ClN4O. The predicted octanol–water partition coefficient (Wildman–Crippen LogP) is 0.961. The first-order valence-electron chi connectivity index (χ1n) is 6.11. The van der Waals surface area contributed by atoms with Crippen LogP contribution in [0.15, 0.2) is 6.07 Å². The molecule has 102 valence electrons. The minimum absolute atomic E-state index is 0. The van der Waals surface area contributed by atoms with E-state index in [1.54, 1.807) is 4.68 Å². The van der Waals surface area contributed by atoms with Gasteiger partial charge in [-0.1, -0.05) is 0 Å². The molecule has 1 aromatic rings. The molecule has 1 unspecified atom stereocenters. The van der Waals surface area contributed by atoms with Crippen molar-refractivity contribution in [2.45, 2.75) is 19.8 Å². The van der Waals surface area contributed by atoms with Crippen LogP contribution in [-0.2, 0) is 7.05 Å². The molecule has 1 saturated heterocycles. The quantitative estimate of drug-likeness (QED) is 0.872. The zero-order chi connectivity index (χ0) is 12.4. The van der Waals surface area contributed by atoms with Gasteiger partial charge in [-0.15, -0.1) is 12.4 Å². The number of hydrogen-bond acceptors (Lipinski definition) is 3. The van der Waals surface area contributed by atoms with Gasteiger partial charge in [-0.2, -0.15) is 5.10 Å². The monoisotopic (exact) mass is 272 g/mol. The van der Waals surface area contributed by atoms with Gasteiger partial charge in [-0.25, -0.2) is 0 Å². The van der Waals surface area contributed by atoms with Gasteiger partial charge in [0.05, 0.1) is 5.69 Å². The number of halogens is 1. The Morgan fingerprint density at radius 1 is 1.61 bits per heavy atom. The molecule has 0 aromatic carbocycles. The summed E-state index contributed by atoms with van der Waals surface area (Å²) in [5, 5.41) is 4.21. The summed E-state index contributed by atoms with van der Waals surface area (Å²) in [5.74, 6) is 0.522. The summed E-state index contributed by atoms with van der Waals surface area (Å²) < 4.78 is 1.66. The summed E-state index contributed by atoms with van der Waals surface area (Å²) in [6.45, 7) is 4.17. The van der Waals surface area contributed by atoms with Crippen molar-refractivity contribution < 1.29 is 4.79 Å². The molecule has 0 spiro atoms. The average molecular weight is 273 g/mol. The second-order valence-corrected chi connectivity index (χ2v) is 4.79. The van der Waals surface area contributed by atoms with E-state index in [0.29, 0.717) is 18.2 Å². The van der Waals surface area contributed by atoms with Gasteiger partial charge in [0.1, 0.15) is 5.69 Å². The number of carbonyl (C=O) groups excluding carboxylic acids is 1. The van der Waals surface area contributed by atoms with E-state index in [1.807, 2.05) is 24.9 Å². The van der Waals surface area contributed by atoms with Gasteiger partial charge in [-0.05, 0) is 38.3 Å². The fourth-order valence-corrected chi connectivity index (χ4v) is 2.41. The maximum Gasteiger partial charge on any atom is 0.272 e. The predicted molar refractivity (Wildman–Crippen MR) is 72.9 cm³/mol. The fourth-order valence-electron chi connectivity index (χ4n) is 2.41. The van der Waals surface area contributed by atoms with E-state index in [2.05, 4.69) is 5.10 Å². The van der Waals surface area contributed by atoms with Gasteiger partial charge in [0.25, 0.3) is 5.91 Å². The standard InChI is InChI=1S/C12H20N4O.ClH/c1-9-6-11(15(2)14-9)12(17)16-5-3-4-10(7-13)8-16;/h6,10H,3-5,7-8,13H2,1-2H3;1H. The lowest BCUT2D eigenvalue weighted by Crippen LogP contribution is -2.42. The summed E-state index contributed by atoms with van der Waals surface area (Å²) in [6.07, 6.45) is 2.18. The highest BCUT2D eigenvalue weighted by Gasteiger charge is 2.25. The van der Waals surface area contributed by atoms with Crippen LogP contribution in [-0.4, -0.2) is 40.2 Å². The smallest absolute Gasteiger partial charge is 0.272 e. The molecule has 1 aliphatic rings. The van der Waals surface area contributed by atoms with Crippen molar-refractivity contribution in [1.82, 2.24) is 14.7 Å². The van der Waals surface area contributed by atoms with Gasteiger partial charge in [0, 0.05) is 20.1 Å². The summed E-state index contributed by atoms with van der Waals surface area (Å²) >= 11 is 0. The highest BCUT2D eigenvalue weighted by atomic mass is 35.5. The van der Waals surface area contributed by atoms with Crippen molar-refractivity contribution in [2.24, 2.45) is 18.7 Å². The van der Waals surface area contributed by atoms with E-state index < -0.39 is 0 Å². The second kappa shape index (κ2) is 6.20. The van der Waals surface area contributed by atoms with E-state index in [0.717, 1.165) is 31.6 Å². The number of piperidine rings is 1. The van der Waals surface area contributed by atoms with Crippen molar-refractivity contribution in [3.05, 3.63) is 17.5 Å². The molecule has 1 aromatic heterocycles. The summed E-state index contributed by atoms with van der Waals surface area (Å²) in [4.78, 5) is 14.2. The maximum atomic E-state index is 12.3. The Kier molecular flexibility index (Phi) is 5.16. The third-order valence-electron chi connectivity index (χ3n) is 3.36. The normalized spacial score (nSPS) is 19.5. The van der Waals surface area contributed by atoms with Gasteiger partial charge in [0.2, 0.25) is 0 Å². The van der Waals surface area contributed by atoms with Crippen LogP contribution in [0.4, 0.5) is 0 Å². The lowest BCUT2D eigenvalue weighted by Gasteiger charge is -2.32. The molecule has 1 aliphatic heterocycles. The highest BCUT2D eigenvalue weighted by Crippen LogP contribution is 2.17. The van der Waals surface area contributed by atoms with Crippen molar-refractivity contribution in [1.29, 1.82) is 0 Å². The molecule has 18 heavy (non-hydrogen) atoms. The van der Waals surface area contributed by atoms with Gasteiger partial charge in [0.15, 0.2) is 0 Å². The third kappa shape index (κ3) is 3.03. The van der Waals surface area contributed by atoms with Crippen LogP contribution in [0.5, 0.6) is 0 Å². The third-order valence-corrected chi connectivity index (χ3v) is 3.36. The zero-order valence-electron chi connectivity index (χ0n) is 10.9. The minimum atomic E-state index is 0. The molecule has 0 bridgehead atoms. The molecule has 1 amide bonds. The lowest BCUT2D eigenvalue weighted by molar-refractivity contribution is 0.0667. The number of hydrogen-bond donors (Lipinski definition) is 1. The number of amides is 1. The molecule has 2 heterocycles. The van der Waals surface area contributed by atoms with Crippen molar-refractivity contribution in [3.63, 3.8) is 0 Å². The highest BCUT2D eigenvalue weighted by molar-refractivity contribution is 5.92. The lowest BCUT2D eigenvalue weighted by atomic mass is 9.98. The Morgan fingerprint density at radius 2 is 2.33 bits per heavy atom. The first-order chi connectivity index (χ1) is 8.11. The Labute approximate surface area is 114 Å². The molecule has 0 saturated carbocycles. The Hall–Kier alpha value is -1.07. The molecule has 2 rings (SSSR count). The van der Waals surface area contributed by atoms with Crippen molar-refractivity contribution in [3.8, 4) is 0 Å². The van der Waals surface area contributed by atoms with E-state index in [-0.39, 0.29) is 18.3 Å². The molecular weight excluding hydrogens is 252 g/mol. The van der Waals surface area contributed by atoms with Crippen LogP contribution in [0.25, 0.3) is 0 Å². The fraction of sp³-hybridized carbons (Fsp3) is 0.667. The second-order valence-electron chi connectivity index (χ2n) is 4.79. The Morgan fingerprint density at radius 3 is 2.89 bits per heavy atom. The molecule has 1 atom stereocenters. The van der Waals surface area contributed by atoms with Crippen LogP contribution in [0.1, 0.15) is 29.0 Å². The van der Waals surface area contributed by atoms with E-state index in [1.165, 1.54) is 0 Å². The number of aryl methyl sites for hydroxylation is 2. The van der Waals surface area contributed by atoms with Gasteiger partial charge in [-0.3, -0.25) is 9.48 Å². The first-order valence-corrected chi connectivity index (χ1v) is 6.11. The average Bonchev–Trinajstić information content (AvgIpc) is 2.67. The first kappa shape index (κ1) is 15.0. The summed E-state index contributed by atoms with van der Waals surface area (Å²) in [5.41, 5.74) is 7.23. The molecule has 5 nitrogen and oxygen atoms in total. The van der Waals surface area contributed by atoms with Crippen LogP contribution < -0.4 is 5.73 Å². The van der Waals surface area contributed by atoms with Crippen LogP contribution in [0.3, 0.4) is 0 Å². The molecule has 0 aliphatic carbocycles. The Bertz CT molecular complexity index is 418. The number of nitrogens with two attached hydrogens (primary N) is 1. The van der Waals surface area contributed by atoms with Crippen LogP contribution in [0, 0.1) is 12.8 Å². The minimum Gasteiger partial charge on any atom is -0.337 e. The van der Waals surface area contributed by atoms with Crippen LogP contribution in [0.2, 0.25) is 0 Å². The van der Waals surface area contributed by atoms with Gasteiger partial charge < -0.3 is 10.6 Å². The van der Waals surface area contributed by atoms with E-state index in [4.69, 9.17) is 5.73 Å². The van der Waals surface area contributed by atoms with Crippen molar-refractivity contribution in [2.75, 3.05) is 19.6 Å². The largest absolute Gasteiger partial charge is 0.337 e. The molecule has 2 N–H and O–H groups in total. The molecule has 1 fully saturated rings. The topological polar surface area (TPSA) is 64.2 Å². The summed E-state index contributed by atoms with van der Waals surface area (Å²) in [7, 11) is 1.81. The number of rotatable bonds is 2. The maximum absolute atomic E-state index is 12.3. The van der Waals surface area contributed by atoms with E-state index in [9.17, 15) is 4.79 Å². The zero-order valence-corrected chi connectivity index (χ0v) is 11.7. The Balaban J connectivity index is 0.00000162. The summed E-state index contributed by atoms with van der Waals surface area (Å²) in [6, 6.07) is 1.84. The van der Waals surface area contributed by atoms with Crippen LogP contribution >= 0.6 is 12.4 Å². The molecule has 6 heteroatoms. The number of carbonyl (C=O) groups is 1. The SMILES string of the molecule is Cc1cc(C(=O)N2CCCC(CN)C2)n(C)n1.Cl. The van der Waals surface area contributed by atoms with E-state index >= 15 is 0 Å². The number of likely N-dealkylation sites (tertiary alicyclic amines) is 1. The number of nitrogens with zero attached hydrogens (tertiary/aromatic N) is 3.